The summed E-state index contributed by atoms with van der Waals surface area (Å²) in [6, 6.07) is 12.4. The SMILES string of the molecule is C[C@@H](NCc1ccco1)c1ccccc1Br. The van der Waals surface area contributed by atoms with Crippen LogP contribution in [0.1, 0.15) is 24.3 Å². The molecule has 0 bridgehead atoms. The highest BCUT2D eigenvalue weighted by Crippen LogP contribution is 2.22. The van der Waals surface area contributed by atoms with E-state index in [0.29, 0.717) is 6.04 Å². The highest BCUT2D eigenvalue weighted by molar-refractivity contribution is 9.10. The molecule has 0 unspecified atom stereocenters. The predicted octanol–water partition coefficient (Wildman–Crippen LogP) is 3.89. The molecule has 84 valence electrons. The molecular formula is C13H14BrNO. The summed E-state index contributed by atoms with van der Waals surface area (Å²) < 4.78 is 6.41. The van der Waals surface area contributed by atoms with Crippen LogP contribution in [0, 0.1) is 0 Å². The summed E-state index contributed by atoms with van der Waals surface area (Å²) in [6.07, 6.45) is 1.69. The normalized spacial score (nSPS) is 12.6. The second kappa shape index (κ2) is 5.32. The Hall–Kier alpha value is -1.06. The molecule has 0 amide bonds. The summed E-state index contributed by atoms with van der Waals surface area (Å²) in [4.78, 5) is 0. The Morgan fingerprint density at radius 2 is 2.06 bits per heavy atom. The minimum absolute atomic E-state index is 0.292. The first-order valence-electron chi connectivity index (χ1n) is 5.27. The molecule has 2 aromatic rings. The number of hydrogen-bond acceptors (Lipinski definition) is 2. The highest BCUT2D eigenvalue weighted by Gasteiger charge is 2.08. The summed E-state index contributed by atoms with van der Waals surface area (Å²) >= 11 is 3.55. The van der Waals surface area contributed by atoms with Crippen LogP contribution in [0.2, 0.25) is 0 Å². The molecule has 1 heterocycles. The molecule has 1 aromatic carbocycles. The Bertz CT molecular complexity index is 439. The lowest BCUT2D eigenvalue weighted by Gasteiger charge is -2.14. The second-order valence-electron chi connectivity index (χ2n) is 3.70. The molecule has 2 rings (SSSR count). The Morgan fingerprint density at radius 1 is 1.25 bits per heavy atom. The van der Waals surface area contributed by atoms with Crippen LogP contribution in [-0.4, -0.2) is 0 Å². The Morgan fingerprint density at radius 3 is 2.75 bits per heavy atom. The monoisotopic (exact) mass is 279 g/mol. The van der Waals surface area contributed by atoms with E-state index in [1.54, 1.807) is 6.26 Å². The van der Waals surface area contributed by atoms with Gasteiger partial charge in [-0.25, -0.2) is 0 Å². The molecule has 0 spiro atoms. The van der Waals surface area contributed by atoms with Gasteiger partial charge in [-0.2, -0.15) is 0 Å². The van der Waals surface area contributed by atoms with E-state index in [4.69, 9.17) is 4.42 Å². The second-order valence-corrected chi connectivity index (χ2v) is 4.56. The van der Waals surface area contributed by atoms with Crippen molar-refractivity contribution in [3.63, 3.8) is 0 Å². The Balaban J connectivity index is 1.98. The van der Waals surface area contributed by atoms with E-state index in [0.717, 1.165) is 16.8 Å². The number of benzene rings is 1. The van der Waals surface area contributed by atoms with E-state index < -0.39 is 0 Å². The maximum Gasteiger partial charge on any atom is 0.117 e. The summed E-state index contributed by atoms with van der Waals surface area (Å²) in [6.45, 7) is 2.89. The maximum atomic E-state index is 5.28. The summed E-state index contributed by atoms with van der Waals surface area (Å²) in [5, 5.41) is 3.42. The molecule has 1 N–H and O–H groups in total. The molecule has 3 heteroatoms. The van der Waals surface area contributed by atoms with Crippen molar-refractivity contribution < 1.29 is 4.42 Å². The third kappa shape index (κ3) is 2.74. The lowest BCUT2D eigenvalue weighted by Crippen LogP contribution is -2.18. The summed E-state index contributed by atoms with van der Waals surface area (Å²) in [5.41, 5.74) is 1.26. The zero-order valence-corrected chi connectivity index (χ0v) is 10.7. The lowest BCUT2D eigenvalue weighted by molar-refractivity contribution is 0.460. The van der Waals surface area contributed by atoms with Gasteiger partial charge in [0.1, 0.15) is 5.76 Å². The summed E-state index contributed by atoms with van der Waals surface area (Å²) in [7, 11) is 0. The van der Waals surface area contributed by atoms with Crippen molar-refractivity contribution in [1.82, 2.24) is 5.32 Å². The average Bonchev–Trinajstić information content (AvgIpc) is 2.79. The molecule has 1 aromatic heterocycles. The summed E-state index contributed by atoms with van der Waals surface area (Å²) in [5.74, 6) is 0.957. The van der Waals surface area contributed by atoms with Gasteiger partial charge in [-0.15, -0.1) is 0 Å². The van der Waals surface area contributed by atoms with Gasteiger partial charge in [-0.1, -0.05) is 34.1 Å². The van der Waals surface area contributed by atoms with Crippen LogP contribution in [0.25, 0.3) is 0 Å². The zero-order valence-electron chi connectivity index (χ0n) is 9.11. The Kier molecular flexibility index (Phi) is 3.80. The van der Waals surface area contributed by atoms with Crippen LogP contribution in [0.3, 0.4) is 0 Å². The minimum atomic E-state index is 0.292. The average molecular weight is 280 g/mol. The van der Waals surface area contributed by atoms with Gasteiger partial charge in [-0.05, 0) is 30.7 Å². The first-order valence-corrected chi connectivity index (χ1v) is 6.07. The number of furan rings is 1. The van der Waals surface area contributed by atoms with E-state index >= 15 is 0 Å². The fraction of sp³-hybridized carbons (Fsp3) is 0.231. The van der Waals surface area contributed by atoms with E-state index in [9.17, 15) is 0 Å². The van der Waals surface area contributed by atoms with Crippen molar-refractivity contribution in [2.24, 2.45) is 0 Å². The van der Waals surface area contributed by atoms with Gasteiger partial charge in [0, 0.05) is 10.5 Å². The molecule has 2 nitrogen and oxygen atoms in total. The number of hydrogen-bond donors (Lipinski definition) is 1. The van der Waals surface area contributed by atoms with Gasteiger partial charge in [-0.3, -0.25) is 0 Å². The largest absolute Gasteiger partial charge is 0.468 e. The Labute approximate surface area is 104 Å². The smallest absolute Gasteiger partial charge is 0.117 e. The standard InChI is InChI=1S/C13H14BrNO/c1-10(12-6-2-3-7-13(12)14)15-9-11-5-4-8-16-11/h2-8,10,15H,9H2,1H3/t10-/m1/s1. The third-order valence-corrected chi connectivity index (χ3v) is 3.26. The fourth-order valence-electron chi connectivity index (χ4n) is 1.60. The zero-order chi connectivity index (χ0) is 11.4. The number of rotatable bonds is 4. The maximum absolute atomic E-state index is 5.28. The van der Waals surface area contributed by atoms with Gasteiger partial charge in [0.15, 0.2) is 0 Å². The van der Waals surface area contributed by atoms with E-state index in [2.05, 4.69) is 40.3 Å². The van der Waals surface area contributed by atoms with Crippen LogP contribution in [-0.2, 0) is 6.54 Å². The quantitative estimate of drug-likeness (QED) is 0.919. The van der Waals surface area contributed by atoms with Crippen molar-refractivity contribution in [2.45, 2.75) is 19.5 Å². The number of nitrogens with one attached hydrogen (secondary N) is 1. The molecular weight excluding hydrogens is 266 g/mol. The van der Waals surface area contributed by atoms with Gasteiger partial charge in [0.05, 0.1) is 12.8 Å². The molecule has 16 heavy (non-hydrogen) atoms. The van der Waals surface area contributed by atoms with E-state index in [1.165, 1.54) is 5.56 Å². The molecule has 0 fully saturated rings. The van der Waals surface area contributed by atoms with Gasteiger partial charge >= 0.3 is 0 Å². The lowest BCUT2D eigenvalue weighted by atomic mass is 10.1. The molecule has 0 saturated heterocycles. The topological polar surface area (TPSA) is 25.2 Å². The van der Waals surface area contributed by atoms with Crippen LogP contribution >= 0.6 is 15.9 Å². The molecule has 1 atom stereocenters. The van der Waals surface area contributed by atoms with Crippen molar-refractivity contribution in [3.8, 4) is 0 Å². The number of halogens is 1. The van der Waals surface area contributed by atoms with Crippen molar-refractivity contribution in [1.29, 1.82) is 0 Å². The molecule has 0 saturated carbocycles. The van der Waals surface area contributed by atoms with E-state index in [1.807, 2.05) is 24.3 Å². The first kappa shape index (κ1) is 11.4. The highest BCUT2D eigenvalue weighted by atomic mass is 79.9. The van der Waals surface area contributed by atoms with Crippen LogP contribution in [0.5, 0.6) is 0 Å². The molecule has 0 aliphatic heterocycles. The van der Waals surface area contributed by atoms with Crippen LogP contribution in [0.4, 0.5) is 0 Å². The fourth-order valence-corrected chi connectivity index (χ4v) is 2.23. The van der Waals surface area contributed by atoms with Crippen molar-refractivity contribution >= 4 is 15.9 Å². The van der Waals surface area contributed by atoms with Crippen molar-refractivity contribution in [3.05, 3.63) is 58.5 Å². The van der Waals surface area contributed by atoms with E-state index in [-0.39, 0.29) is 0 Å². The predicted molar refractivity (Wildman–Crippen MR) is 68.1 cm³/mol. The molecule has 0 radical (unpaired) electrons. The van der Waals surface area contributed by atoms with Crippen LogP contribution in [0.15, 0.2) is 51.6 Å². The van der Waals surface area contributed by atoms with Gasteiger partial charge in [0.25, 0.3) is 0 Å². The van der Waals surface area contributed by atoms with Gasteiger partial charge in [0.2, 0.25) is 0 Å². The third-order valence-electron chi connectivity index (χ3n) is 2.53. The first-order chi connectivity index (χ1) is 7.77. The van der Waals surface area contributed by atoms with Crippen molar-refractivity contribution in [2.75, 3.05) is 0 Å². The van der Waals surface area contributed by atoms with Crippen LogP contribution < -0.4 is 5.32 Å². The minimum Gasteiger partial charge on any atom is -0.468 e. The molecule has 0 aliphatic rings. The molecule has 0 aliphatic carbocycles. The van der Waals surface area contributed by atoms with Gasteiger partial charge < -0.3 is 9.73 Å².